The highest BCUT2D eigenvalue weighted by Gasteiger charge is 2.43. The van der Waals surface area contributed by atoms with E-state index >= 15 is 0 Å². The summed E-state index contributed by atoms with van der Waals surface area (Å²) in [7, 11) is 0. The van der Waals surface area contributed by atoms with Gasteiger partial charge in [0, 0.05) is 46.4 Å². The van der Waals surface area contributed by atoms with E-state index in [0.717, 1.165) is 36.4 Å². The number of benzene rings is 4. The van der Waals surface area contributed by atoms with Crippen LogP contribution in [0.5, 0.6) is 0 Å². The summed E-state index contributed by atoms with van der Waals surface area (Å²) >= 11 is 48.8. The Bertz CT molecular complexity index is 2690. The van der Waals surface area contributed by atoms with E-state index in [4.69, 9.17) is 94.0 Å². The van der Waals surface area contributed by atoms with Gasteiger partial charge in [0.05, 0.1) is 51.2 Å². The summed E-state index contributed by atoms with van der Waals surface area (Å²) in [6.07, 6.45) is -31.6. The third-order valence-electron chi connectivity index (χ3n) is 9.99. The van der Waals surface area contributed by atoms with Gasteiger partial charge in [-0.2, -0.15) is 79.0 Å². The molecule has 0 saturated carbocycles. The summed E-state index contributed by atoms with van der Waals surface area (Å²) in [5.74, 6) is -9.87. The van der Waals surface area contributed by atoms with Gasteiger partial charge in [-0.3, -0.25) is 4.79 Å². The van der Waals surface area contributed by atoms with Crippen molar-refractivity contribution in [2.45, 2.75) is 74.6 Å². The smallest absolute Gasteiger partial charge is 0.371 e. The van der Waals surface area contributed by atoms with E-state index in [1.807, 2.05) is 10.6 Å². The molecule has 2 N–H and O–H groups in total. The highest BCUT2D eigenvalue weighted by atomic mass is 35.5. The summed E-state index contributed by atoms with van der Waals surface area (Å²) in [5, 5.41) is 1.74. The van der Waals surface area contributed by atoms with Crippen molar-refractivity contribution in [1.29, 1.82) is 0 Å². The molecule has 4 rings (SSSR count). The zero-order valence-corrected chi connectivity index (χ0v) is 44.8. The Morgan fingerprint density at radius 2 is 0.795 bits per heavy atom. The van der Waals surface area contributed by atoms with Gasteiger partial charge in [-0.05, 0) is 66.1 Å². The molecule has 0 aliphatic rings. The molecule has 4 aromatic carbocycles. The number of thiocarbonyl (C=S) groups is 3. The van der Waals surface area contributed by atoms with E-state index in [2.05, 4.69) is 12.2 Å². The fourth-order valence-electron chi connectivity index (χ4n) is 6.39. The Morgan fingerprint density at radius 3 is 1.12 bits per heavy atom. The van der Waals surface area contributed by atoms with Crippen molar-refractivity contribution >= 4 is 139 Å². The molecular weight excluding hydrogens is 1290 g/mol. The second kappa shape index (κ2) is 27.3. The van der Waals surface area contributed by atoms with E-state index in [0.29, 0.717) is 12.1 Å². The molecule has 0 aliphatic carbocycles. The van der Waals surface area contributed by atoms with Crippen LogP contribution >= 0.6 is 106 Å². The molecule has 78 heavy (non-hydrogen) atoms. The maximum Gasteiger partial charge on any atom is 0.417 e. The Kier molecular flexibility index (Phi) is 24.0. The van der Waals surface area contributed by atoms with E-state index in [1.165, 1.54) is 0 Å². The zero-order valence-electron chi connectivity index (χ0n) is 37.8. The van der Waals surface area contributed by atoms with Gasteiger partial charge in [0.1, 0.15) is 36.6 Å². The minimum absolute atomic E-state index is 0.0115. The number of carbonyl (C=O) groups excluding carboxylic acids is 1. The van der Waals surface area contributed by atoms with Gasteiger partial charge in [0.25, 0.3) is 0 Å². The van der Waals surface area contributed by atoms with Crippen molar-refractivity contribution in [3.8, 4) is 0 Å². The quantitative estimate of drug-likeness (QED) is 0.0504. The first-order valence-electron chi connectivity index (χ1n) is 20.7. The highest BCUT2D eigenvalue weighted by molar-refractivity contribution is 7.81. The summed E-state index contributed by atoms with van der Waals surface area (Å²) in [4.78, 5) is 11.3. The molecule has 0 spiro atoms. The van der Waals surface area contributed by atoms with Crippen molar-refractivity contribution in [1.82, 2.24) is 10.6 Å². The largest absolute Gasteiger partial charge is 0.417 e. The van der Waals surface area contributed by atoms with Gasteiger partial charge in [-0.15, -0.1) is 0 Å². The van der Waals surface area contributed by atoms with Gasteiger partial charge in [0.15, 0.2) is 5.78 Å². The predicted octanol–water partition coefficient (Wildman–Crippen LogP) is 20.1. The summed E-state index contributed by atoms with van der Waals surface area (Å²) in [5.41, 5.74) is -7.71. The lowest BCUT2D eigenvalue weighted by molar-refractivity contribution is -0.140. The van der Waals surface area contributed by atoms with Crippen LogP contribution in [0.4, 0.5) is 87.8 Å². The van der Waals surface area contributed by atoms with Crippen LogP contribution in [-0.2, 0) is 12.4 Å². The Hall–Kier alpha value is -3.76. The zero-order chi connectivity index (χ0) is 59.8. The van der Waals surface area contributed by atoms with Gasteiger partial charge in [-0.1, -0.05) is 131 Å². The SMILES string of the molecule is F/C(=C\C(c1cc(Cl)c(Cl)c(Cl)c1)C(F)(F)F)c1ccc(C(=S)CCC(=S)NCC(F)(F)F)c(C(F)(F)F)c1.O=C(CCC(=S)NCC(F)(F)F)c1ccc(/C(F)=C/C(c2cc(Cl)c(Cl)c(Cl)c2)C(F)(F)F)cc1C(F)(F)F. The average Bonchev–Trinajstić information content (AvgIpc) is 3.30. The number of Topliss-reactive ketones (excluding diaryl/α,β-unsaturated/α-hetero) is 1. The molecule has 0 radical (unpaired) electrons. The third-order valence-corrected chi connectivity index (χ3v) is 13.5. The molecule has 0 aromatic heterocycles. The maximum atomic E-state index is 15.0. The lowest BCUT2D eigenvalue weighted by Crippen LogP contribution is -2.32. The standard InChI is InChI=1S/C23H14Cl3F10NOS.C23H14Cl3F10NS2/c2*24-15-6-11(7-16(25)20(15)26)13(22(31,32)33)8-17(27)10-1-2-12(14(5-10)23(34,35)36)18(38)3-4-19(39)37-9-21(28,29)30/h2*1-2,5-8,13H,3-4,9H2,(H,37,39)/b2*17-8-. The number of carbonyl (C=O) groups is 1. The van der Waals surface area contributed by atoms with Gasteiger partial charge in [0.2, 0.25) is 0 Å². The first kappa shape index (κ1) is 68.5. The molecule has 2 atom stereocenters. The molecule has 4 aromatic rings. The minimum Gasteiger partial charge on any atom is -0.371 e. The number of nitrogens with one attached hydrogen (secondary N) is 2. The van der Waals surface area contributed by atoms with Crippen molar-refractivity contribution in [2.75, 3.05) is 13.1 Å². The molecule has 0 amide bonds. The number of rotatable bonds is 16. The van der Waals surface area contributed by atoms with Crippen LogP contribution in [0.25, 0.3) is 11.7 Å². The second-order valence-corrected chi connectivity index (χ2v) is 19.7. The van der Waals surface area contributed by atoms with E-state index in [1.54, 1.807) is 0 Å². The number of halogens is 26. The normalized spacial score (nSPS) is 13.8. The van der Waals surface area contributed by atoms with Crippen LogP contribution in [0.15, 0.2) is 72.8 Å². The van der Waals surface area contributed by atoms with E-state index in [9.17, 15) is 92.6 Å². The Labute approximate surface area is 474 Å². The number of hydrogen-bond acceptors (Lipinski definition) is 4. The number of allylic oxidation sites excluding steroid dienone is 2. The summed E-state index contributed by atoms with van der Waals surface area (Å²) in [6.45, 7) is -2.96. The van der Waals surface area contributed by atoms with Crippen LogP contribution in [0.3, 0.4) is 0 Å². The molecule has 3 nitrogen and oxygen atoms in total. The third kappa shape index (κ3) is 21.0. The van der Waals surface area contributed by atoms with Crippen LogP contribution in [0, 0.1) is 0 Å². The minimum atomic E-state index is -5.24. The molecule has 0 saturated heterocycles. The fourth-order valence-corrected chi connectivity index (χ4v) is 8.25. The average molecular weight is 1310 g/mol. The van der Waals surface area contributed by atoms with Crippen LogP contribution in [0.1, 0.15) is 86.8 Å². The highest BCUT2D eigenvalue weighted by Crippen LogP contribution is 2.45. The lowest BCUT2D eigenvalue weighted by Gasteiger charge is -2.19. The number of ketones is 1. The van der Waals surface area contributed by atoms with Crippen molar-refractivity contribution in [2.24, 2.45) is 0 Å². The van der Waals surface area contributed by atoms with Crippen molar-refractivity contribution in [3.63, 3.8) is 0 Å². The van der Waals surface area contributed by atoms with Crippen molar-refractivity contribution in [3.05, 3.63) is 147 Å². The molecule has 0 bridgehead atoms. The van der Waals surface area contributed by atoms with Crippen LogP contribution in [0.2, 0.25) is 30.1 Å². The van der Waals surface area contributed by atoms with Gasteiger partial charge >= 0.3 is 37.1 Å². The lowest BCUT2D eigenvalue weighted by atomic mass is 9.94. The molecule has 0 fully saturated rings. The monoisotopic (exact) mass is 1310 g/mol. The second-order valence-electron chi connectivity index (χ2n) is 15.8. The first-order valence-corrected chi connectivity index (χ1v) is 24.2. The predicted molar refractivity (Wildman–Crippen MR) is 269 cm³/mol. The maximum absolute atomic E-state index is 15.0. The molecular formula is C46H28Cl6F20N2OS3. The number of hydrogen-bond donors (Lipinski definition) is 2. The molecule has 428 valence electrons. The molecule has 32 heteroatoms. The molecule has 0 aliphatic heterocycles. The van der Waals surface area contributed by atoms with Gasteiger partial charge in [-0.25, -0.2) is 8.78 Å². The Balaban J connectivity index is 0.000000410. The molecule has 0 heterocycles. The fraction of sp³-hybridized carbons (Fsp3) is 0.304. The Morgan fingerprint density at radius 1 is 0.474 bits per heavy atom. The van der Waals surface area contributed by atoms with Crippen LogP contribution in [-0.4, -0.2) is 58.4 Å². The topological polar surface area (TPSA) is 41.1 Å². The van der Waals surface area contributed by atoms with Crippen LogP contribution < -0.4 is 10.6 Å². The molecule has 2 unspecified atom stereocenters. The summed E-state index contributed by atoms with van der Waals surface area (Å²) < 4.78 is 268. The van der Waals surface area contributed by atoms with E-state index in [-0.39, 0.29) is 77.1 Å². The van der Waals surface area contributed by atoms with Crippen molar-refractivity contribution < 1.29 is 92.6 Å². The van der Waals surface area contributed by atoms with Gasteiger partial charge < -0.3 is 10.6 Å². The summed E-state index contributed by atoms with van der Waals surface area (Å²) in [6, 6.07) is 6.34. The first-order chi connectivity index (χ1) is 35.4. The van der Waals surface area contributed by atoms with E-state index < -0.39 is 142 Å². The number of alkyl halides is 18.